The fourth-order valence-electron chi connectivity index (χ4n) is 1.87. The molecule has 0 bridgehead atoms. The molecule has 0 aliphatic carbocycles. The van der Waals surface area contributed by atoms with Gasteiger partial charge in [0, 0.05) is 23.9 Å². The van der Waals surface area contributed by atoms with Crippen LogP contribution in [0, 0.1) is 10.1 Å². The molecule has 0 saturated heterocycles. The number of nitrogens with one attached hydrogen (secondary N) is 1. The van der Waals surface area contributed by atoms with E-state index in [9.17, 15) is 10.1 Å². The van der Waals surface area contributed by atoms with Gasteiger partial charge in [-0.25, -0.2) is 0 Å². The summed E-state index contributed by atoms with van der Waals surface area (Å²) in [6.07, 6.45) is 1.000. The first-order valence-electron chi connectivity index (χ1n) is 7.22. The van der Waals surface area contributed by atoms with Gasteiger partial charge in [-0.1, -0.05) is 6.92 Å². The highest BCUT2D eigenvalue weighted by molar-refractivity contribution is 7.99. The van der Waals surface area contributed by atoms with Gasteiger partial charge in [0.1, 0.15) is 5.75 Å². The van der Waals surface area contributed by atoms with Crippen LogP contribution in [-0.2, 0) is 0 Å². The predicted molar refractivity (Wildman–Crippen MR) is 89.6 cm³/mol. The van der Waals surface area contributed by atoms with Crippen molar-refractivity contribution < 1.29 is 9.66 Å². The van der Waals surface area contributed by atoms with Gasteiger partial charge in [-0.15, -0.1) is 0 Å². The SMILES string of the molecule is CCSCCC(C)Nc1cc(OC(C)C)cc([N+](=O)[O-])c1. The van der Waals surface area contributed by atoms with Crippen molar-refractivity contribution in [2.45, 2.75) is 46.3 Å². The molecule has 0 heterocycles. The van der Waals surface area contributed by atoms with E-state index in [1.54, 1.807) is 6.07 Å². The molecule has 1 atom stereocenters. The van der Waals surface area contributed by atoms with Crippen LogP contribution in [0.5, 0.6) is 5.75 Å². The number of thioether (sulfide) groups is 1. The monoisotopic (exact) mass is 312 g/mol. The molecule has 1 rings (SSSR count). The van der Waals surface area contributed by atoms with E-state index in [0.29, 0.717) is 5.75 Å². The number of non-ortho nitro benzene ring substituents is 1. The zero-order valence-corrected chi connectivity index (χ0v) is 13.9. The van der Waals surface area contributed by atoms with Crippen molar-refractivity contribution >= 4 is 23.1 Å². The quantitative estimate of drug-likeness (QED) is 0.418. The van der Waals surface area contributed by atoms with E-state index in [-0.39, 0.29) is 17.8 Å². The van der Waals surface area contributed by atoms with Crippen LogP contribution in [0.4, 0.5) is 11.4 Å². The minimum Gasteiger partial charge on any atom is -0.491 e. The van der Waals surface area contributed by atoms with Crippen molar-refractivity contribution in [2.24, 2.45) is 0 Å². The first kappa shape index (κ1) is 17.6. The third-order valence-electron chi connectivity index (χ3n) is 2.79. The molecule has 0 spiro atoms. The summed E-state index contributed by atoms with van der Waals surface area (Å²) in [5, 5.41) is 14.3. The van der Waals surface area contributed by atoms with Crippen LogP contribution in [0.2, 0.25) is 0 Å². The summed E-state index contributed by atoms with van der Waals surface area (Å²) in [5.74, 6) is 2.71. The van der Waals surface area contributed by atoms with Gasteiger partial charge in [0.25, 0.3) is 5.69 Å². The number of anilines is 1. The molecule has 1 aromatic rings. The van der Waals surface area contributed by atoms with Crippen molar-refractivity contribution in [1.82, 2.24) is 0 Å². The van der Waals surface area contributed by atoms with Crippen molar-refractivity contribution in [3.63, 3.8) is 0 Å². The average molecular weight is 312 g/mol. The molecule has 0 aromatic heterocycles. The molecule has 0 aliphatic heterocycles. The number of benzene rings is 1. The third kappa shape index (κ3) is 6.71. The maximum atomic E-state index is 11.0. The molecule has 0 aliphatic rings. The fraction of sp³-hybridized carbons (Fsp3) is 0.600. The number of hydrogen-bond donors (Lipinski definition) is 1. The largest absolute Gasteiger partial charge is 0.491 e. The van der Waals surface area contributed by atoms with Crippen LogP contribution in [0.3, 0.4) is 0 Å². The number of nitro benzene ring substituents is 1. The number of ether oxygens (including phenoxy) is 1. The Labute approximate surface area is 130 Å². The van der Waals surface area contributed by atoms with Gasteiger partial charge < -0.3 is 10.1 Å². The van der Waals surface area contributed by atoms with Crippen LogP contribution in [0.25, 0.3) is 0 Å². The van der Waals surface area contributed by atoms with Crippen LogP contribution in [0.1, 0.15) is 34.1 Å². The van der Waals surface area contributed by atoms with Gasteiger partial charge in [-0.05, 0) is 38.7 Å². The summed E-state index contributed by atoms with van der Waals surface area (Å²) in [7, 11) is 0. The standard InChI is InChI=1S/C15H24N2O3S/c1-5-21-7-6-12(4)16-13-8-14(17(18)19)10-15(9-13)20-11(2)3/h8-12,16H,5-7H2,1-4H3. The van der Waals surface area contributed by atoms with E-state index in [2.05, 4.69) is 19.2 Å². The van der Waals surface area contributed by atoms with Gasteiger partial charge in [0.05, 0.1) is 17.1 Å². The molecule has 21 heavy (non-hydrogen) atoms. The van der Waals surface area contributed by atoms with Gasteiger partial charge in [0.15, 0.2) is 0 Å². The summed E-state index contributed by atoms with van der Waals surface area (Å²) >= 11 is 1.89. The van der Waals surface area contributed by atoms with Gasteiger partial charge in [-0.2, -0.15) is 11.8 Å². The van der Waals surface area contributed by atoms with Crippen molar-refractivity contribution in [3.05, 3.63) is 28.3 Å². The van der Waals surface area contributed by atoms with Crippen LogP contribution >= 0.6 is 11.8 Å². The van der Waals surface area contributed by atoms with Gasteiger partial charge in [0.2, 0.25) is 0 Å². The van der Waals surface area contributed by atoms with Crippen molar-refractivity contribution in [1.29, 1.82) is 0 Å². The maximum absolute atomic E-state index is 11.0. The first-order valence-corrected chi connectivity index (χ1v) is 8.38. The van der Waals surface area contributed by atoms with Gasteiger partial charge >= 0.3 is 0 Å². The molecule has 0 amide bonds. The Morgan fingerprint density at radius 2 is 2.05 bits per heavy atom. The third-order valence-corrected chi connectivity index (χ3v) is 3.72. The normalized spacial score (nSPS) is 12.2. The molecular weight excluding hydrogens is 288 g/mol. The summed E-state index contributed by atoms with van der Waals surface area (Å²) in [6, 6.07) is 5.09. The Morgan fingerprint density at radius 1 is 1.33 bits per heavy atom. The van der Waals surface area contributed by atoms with Gasteiger partial charge in [-0.3, -0.25) is 10.1 Å². The molecule has 1 N–H and O–H groups in total. The molecule has 0 saturated carbocycles. The highest BCUT2D eigenvalue weighted by Gasteiger charge is 2.13. The summed E-state index contributed by atoms with van der Waals surface area (Å²) < 4.78 is 5.58. The van der Waals surface area contributed by atoms with Crippen LogP contribution < -0.4 is 10.1 Å². The molecule has 1 aromatic carbocycles. The number of rotatable bonds is 9. The summed E-state index contributed by atoms with van der Waals surface area (Å²) in [4.78, 5) is 10.6. The van der Waals surface area contributed by atoms with E-state index < -0.39 is 4.92 Å². The Hall–Kier alpha value is -1.43. The molecule has 1 unspecified atom stereocenters. The lowest BCUT2D eigenvalue weighted by molar-refractivity contribution is -0.384. The van der Waals surface area contributed by atoms with E-state index in [1.807, 2.05) is 31.7 Å². The highest BCUT2D eigenvalue weighted by Crippen LogP contribution is 2.27. The smallest absolute Gasteiger partial charge is 0.275 e. The van der Waals surface area contributed by atoms with E-state index in [0.717, 1.165) is 23.6 Å². The lowest BCUT2D eigenvalue weighted by Crippen LogP contribution is -2.16. The summed E-state index contributed by atoms with van der Waals surface area (Å²) in [5.41, 5.74) is 0.777. The van der Waals surface area contributed by atoms with E-state index in [4.69, 9.17) is 4.74 Å². The lowest BCUT2D eigenvalue weighted by atomic mass is 10.2. The zero-order valence-electron chi connectivity index (χ0n) is 13.1. The molecule has 5 nitrogen and oxygen atoms in total. The molecule has 0 radical (unpaired) electrons. The molecular formula is C15H24N2O3S. The number of nitrogens with zero attached hydrogens (tertiary/aromatic N) is 1. The number of hydrogen-bond acceptors (Lipinski definition) is 5. The van der Waals surface area contributed by atoms with Crippen molar-refractivity contribution in [2.75, 3.05) is 16.8 Å². The second kappa shape index (κ2) is 8.77. The zero-order chi connectivity index (χ0) is 15.8. The van der Waals surface area contributed by atoms with E-state index >= 15 is 0 Å². The van der Waals surface area contributed by atoms with Crippen molar-refractivity contribution in [3.8, 4) is 5.75 Å². The fourth-order valence-corrected chi connectivity index (χ4v) is 2.68. The second-order valence-corrected chi connectivity index (χ2v) is 6.56. The predicted octanol–water partition coefficient (Wildman–Crippen LogP) is 4.33. The molecule has 0 fully saturated rings. The Kier molecular flexibility index (Phi) is 7.36. The number of nitro groups is 1. The highest BCUT2D eigenvalue weighted by atomic mass is 32.2. The first-order chi connectivity index (χ1) is 9.92. The summed E-state index contributed by atoms with van der Waals surface area (Å²) in [6.45, 7) is 8.02. The molecule has 118 valence electrons. The topological polar surface area (TPSA) is 64.4 Å². The Morgan fingerprint density at radius 3 is 2.62 bits per heavy atom. The molecule has 6 heteroatoms. The lowest BCUT2D eigenvalue weighted by Gasteiger charge is -2.16. The minimum atomic E-state index is -0.393. The maximum Gasteiger partial charge on any atom is 0.275 e. The Balaban J connectivity index is 2.79. The Bertz CT molecular complexity index is 466. The minimum absolute atomic E-state index is 0.0155. The van der Waals surface area contributed by atoms with Crippen LogP contribution in [0.15, 0.2) is 18.2 Å². The van der Waals surface area contributed by atoms with E-state index in [1.165, 1.54) is 6.07 Å². The second-order valence-electron chi connectivity index (χ2n) is 5.17. The van der Waals surface area contributed by atoms with Crippen LogP contribution in [-0.4, -0.2) is 28.6 Å². The average Bonchev–Trinajstić information content (AvgIpc) is 2.37.